The van der Waals surface area contributed by atoms with Crippen LogP contribution in [0.1, 0.15) is 38.6 Å². The lowest BCUT2D eigenvalue weighted by Gasteiger charge is -2.21. The maximum atomic E-state index is 12.9. The van der Waals surface area contributed by atoms with Gasteiger partial charge in [-0.1, -0.05) is 45.5 Å². The number of fused-ring (bicyclic) bond motifs is 1. The molecular formula is C21H26N4O2S2. The van der Waals surface area contributed by atoms with Crippen LogP contribution in [0.3, 0.4) is 0 Å². The highest BCUT2D eigenvalue weighted by Gasteiger charge is 2.20. The number of nitrogens with one attached hydrogen (secondary N) is 1. The van der Waals surface area contributed by atoms with E-state index in [2.05, 4.69) is 43.0 Å². The van der Waals surface area contributed by atoms with Crippen molar-refractivity contribution in [1.29, 1.82) is 0 Å². The summed E-state index contributed by atoms with van der Waals surface area (Å²) in [5.41, 5.74) is 0.303. The normalized spacial score (nSPS) is 12.6. The van der Waals surface area contributed by atoms with Crippen molar-refractivity contribution in [1.82, 2.24) is 19.9 Å². The van der Waals surface area contributed by atoms with Crippen molar-refractivity contribution < 1.29 is 4.79 Å². The Morgan fingerprint density at radius 3 is 2.69 bits per heavy atom. The highest BCUT2D eigenvalue weighted by molar-refractivity contribution is 7.99. The minimum Gasteiger partial charge on any atom is -0.347 e. The number of nitrogens with zero attached hydrogens (tertiary/aromatic N) is 3. The van der Waals surface area contributed by atoms with Crippen LogP contribution in [0.25, 0.3) is 11.0 Å². The molecule has 0 saturated carbocycles. The highest BCUT2D eigenvalue weighted by atomic mass is 32.2. The zero-order valence-corrected chi connectivity index (χ0v) is 18.7. The molecule has 0 radical (unpaired) electrons. The van der Waals surface area contributed by atoms with Gasteiger partial charge in [0, 0.05) is 17.6 Å². The number of thiophene rings is 1. The van der Waals surface area contributed by atoms with Crippen molar-refractivity contribution in [3.63, 3.8) is 0 Å². The van der Waals surface area contributed by atoms with Crippen LogP contribution < -0.4 is 10.9 Å². The third kappa shape index (κ3) is 5.25. The Morgan fingerprint density at radius 2 is 2.03 bits per heavy atom. The van der Waals surface area contributed by atoms with Crippen molar-refractivity contribution in [2.45, 2.75) is 45.4 Å². The molecule has 154 valence electrons. The van der Waals surface area contributed by atoms with Crippen LogP contribution in [0.4, 0.5) is 0 Å². The molecule has 1 unspecified atom stereocenters. The number of carbonyl (C=O) groups excluding carboxylic acids is 1. The first-order valence-corrected chi connectivity index (χ1v) is 11.5. The number of hydrogen-bond donors (Lipinski definition) is 1. The van der Waals surface area contributed by atoms with E-state index in [0.29, 0.717) is 22.7 Å². The van der Waals surface area contributed by atoms with Gasteiger partial charge in [-0.05, 0) is 35.4 Å². The summed E-state index contributed by atoms with van der Waals surface area (Å²) in [5, 5.41) is 6.17. The Hall–Kier alpha value is -2.19. The van der Waals surface area contributed by atoms with Crippen molar-refractivity contribution >= 4 is 40.0 Å². The molecule has 0 aliphatic carbocycles. The molecule has 0 aliphatic rings. The topological polar surface area (TPSA) is 76.9 Å². The van der Waals surface area contributed by atoms with Crippen LogP contribution >= 0.6 is 23.1 Å². The lowest BCUT2D eigenvalue weighted by Crippen LogP contribution is -2.33. The molecule has 3 heterocycles. The molecule has 3 aromatic rings. The minimum atomic E-state index is -0.113. The molecule has 0 aromatic carbocycles. The fourth-order valence-electron chi connectivity index (χ4n) is 3.05. The molecule has 29 heavy (non-hydrogen) atoms. The molecular weight excluding hydrogens is 404 g/mol. The standard InChI is InChI=1S/C21H26N4O2S2/c1-13(2)11-25-20(27)15-7-5-9-22-19(15)24-21(25)29-12-17(26)23-18(14(3)4)16-8-6-10-28-16/h5-10,13-14,18H,11-12H2,1-4H3,(H,23,26). The van der Waals surface area contributed by atoms with Crippen molar-refractivity contribution in [3.05, 3.63) is 51.1 Å². The Morgan fingerprint density at radius 1 is 1.24 bits per heavy atom. The lowest BCUT2D eigenvalue weighted by atomic mass is 10.0. The van der Waals surface area contributed by atoms with E-state index in [1.807, 2.05) is 17.5 Å². The van der Waals surface area contributed by atoms with Gasteiger partial charge >= 0.3 is 0 Å². The van der Waals surface area contributed by atoms with Gasteiger partial charge in [0.15, 0.2) is 10.8 Å². The zero-order valence-electron chi connectivity index (χ0n) is 17.1. The summed E-state index contributed by atoms with van der Waals surface area (Å²) in [5.74, 6) is 0.677. The maximum absolute atomic E-state index is 12.9. The lowest BCUT2D eigenvalue weighted by molar-refractivity contribution is -0.119. The van der Waals surface area contributed by atoms with E-state index in [9.17, 15) is 9.59 Å². The van der Waals surface area contributed by atoms with Crippen LogP contribution in [0.5, 0.6) is 0 Å². The van der Waals surface area contributed by atoms with Crippen LogP contribution in [0.15, 0.2) is 45.8 Å². The average molecular weight is 431 g/mol. The fourth-order valence-corrected chi connectivity index (χ4v) is 4.81. The molecule has 0 bridgehead atoms. The van der Waals surface area contributed by atoms with E-state index in [-0.39, 0.29) is 35.1 Å². The van der Waals surface area contributed by atoms with Crippen molar-refractivity contribution in [3.8, 4) is 0 Å². The summed E-state index contributed by atoms with van der Waals surface area (Å²) in [6, 6.07) is 7.49. The Bertz CT molecular complexity index is 1030. The highest BCUT2D eigenvalue weighted by Crippen LogP contribution is 2.26. The first-order valence-electron chi connectivity index (χ1n) is 9.68. The number of hydrogen-bond acceptors (Lipinski definition) is 6. The van der Waals surface area contributed by atoms with Gasteiger partial charge in [0.05, 0.1) is 17.2 Å². The number of amides is 1. The van der Waals surface area contributed by atoms with Gasteiger partial charge in [0.2, 0.25) is 5.91 Å². The van der Waals surface area contributed by atoms with Gasteiger partial charge in [-0.3, -0.25) is 14.2 Å². The van der Waals surface area contributed by atoms with Gasteiger partial charge in [0.1, 0.15) is 0 Å². The fraction of sp³-hybridized carbons (Fsp3) is 0.429. The summed E-state index contributed by atoms with van der Waals surface area (Å²) in [6.07, 6.45) is 1.62. The minimum absolute atomic E-state index is 0.0211. The quantitative estimate of drug-likeness (QED) is 0.430. The van der Waals surface area contributed by atoms with Crippen molar-refractivity contribution in [2.75, 3.05) is 5.75 Å². The molecule has 3 aromatic heterocycles. The number of rotatable bonds is 8. The van der Waals surface area contributed by atoms with Crippen LogP contribution in [-0.4, -0.2) is 26.2 Å². The molecule has 6 nitrogen and oxygen atoms in total. The number of thioether (sulfide) groups is 1. The first kappa shape index (κ1) is 21.5. The molecule has 1 amide bonds. The molecule has 1 N–H and O–H groups in total. The van der Waals surface area contributed by atoms with Gasteiger partial charge in [-0.15, -0.1) is 11.3 Å². The Kier molecular flexibility index (Phi) is 7.08. The molecule has 1 atom stereocenters. The third-order valence-electron chi connectivity index (χ3n) is 4.41. The second kappa shape index (κ2) is 9.54. The SMILES string of the molecule is CC(C)Cn1c(SCC(=O)NC(c2cccs2)C(C)C)nc2ncccc2c1=O. The van der Waals surface area contributed by atoms with Gasteiger partial charge in [0.25, 0.3) is 5.56 Å². The van der Waals surface area contributed by atoms with E-state index in [4.69, 9.17) is 0 Å². The molecule has 0 spiro atoms. The number of carbonyl (C=O) groups is 1. The third-order valence-corrected chi connectivity index (χ3v) is 6.34. The second-order valence-corrected chi connectivity index (χ2v) is 9.59. The van der Waals surface area contributed by atoms with Crippen LogP contribution in [0, 0.1) is 11.8 Å². The van der Waals surface area contributed by atoms with E-state index in [0.717, 1.165) is 4.88 Å². The Labute approximate surface area is 178 Å². The molecule has 0 saturated heterocycles. The summed E-state index contributed by atoms with van der Waals surface area (Å²) in [6.45, 7) is 8.83. The van der Waals surface area contributed by atoms with E-state index < -0.39 is 0 Å². The smallest absolute Gasteiger partial charge is 0.263 e. The maximum Gasteiger partial charge on any atom is 0.263 e. The summed E-state index contributed by atoms with van der Waals surface area (Å²) in [4.78, 5) is 35.5. The summed E-state index contributed by atoms with van der Waals surface area (Å²) in [7, 11) is 0. The molecule has 8 heteroatoms. The first-order chi connectivity index (χ1) is 13.9. The van der Waals surface area contributed by atoms with Crippen LogP contribution in [0.2, 0.25) is 0 Å². The van der Waals surface area contributed by atoms with Crippen LogP contribution in [-0.2, 0) is 11.3 Å². The zero-order chi connectivity index (χ0) is 21.0. The number of pyridine rings is 1. The molecule has 0 aliphatic heterocycles. The predicted molar refractivity (Wildman–Crippen MR) is 119 cm³/mol. The number of aromatic nitrogens is 3. The predicted octanol–water partition coefficient (Wildman–Crippen LogP) is 4.11. The largest absolute Gasteiger partial charge is 0.347 e. The summed E-state index contributed by atoms with van der Waals surface area (Å²) < 4.78 is 1.66. The van der Waals surface area contributed by atoms with E-state index >= 15 is 0 Å². The molecule has 0 fully saturated rings. The molecule has 3 rings (SSSR count). The summed E-state index contributed by atoms with van der Waals surface area (Å²) >= 11 is 2.92. The van der Waals surface area contributed by atoms with Gasteiger partial charge in [-0.25, -0.2) is 9.97 Å². The Balaban J connectivity index is 1.80. The van der Waals surface area contributed by atoms with E-state index in [1.165, 1.54) is 11.8 Å². The van der Waals surface area contributed by atoms with Gasteiger partial charge < -0.3 is 5.32 Å². The average Bonchev–Trinajstić information content (AvgIpc) is 3.21. The van der Waals surface area contributed by atoms with Crippen molar-refractivity contribution in [2.24, 2.45) is 11.8 Å². The van der Waals surface area contributed by atoms with E-state index in [1.54, 1.807) is 34.2 Å². The second-order valence-electron chi connectivity index (χ2n) is 7.67. The monoisotopic (exact) mass is 430 g/mol. The van der Waals surface area contributed by atoms with Gasteiger partial charge in [-0.2, -0.15) is 0 Å².